The van der Waals surface area contributed by atoms with Crippen LogP contribution in [-0.4, -0.2) is 48.6 Å². The molecule has 10 nitrogen and oxygen atoms in total. The number of carbonyl (C=O) groups is 3. The van der Waals surface area contributed by atoms with Crippen LogP contribution in [0.4, 0.5) is 21.9 Å². The number of carbonyl (C=O) groups excluding carboxylic acids is 2. The Morgan fingerprint density at radius 3 is 2.07 bits per heavy atom. The Morgan fingerprint density at radius 2 is 1.47 bits per heavy atom. The number of aryl methyl sites for hydroxylation is 1. The fourth-order valence-corrected chi connectivity index (χ4v) is 5.69. The van der Waals surface area contributed by atoms with Crippen molar-refractivity contribution in [3.05, 3.63) is 89.5 Å². The molecular weight excluding hydrogens is 568 g/mol. The van der Waals surface area contributed by atoms with E-state index < -0.39 is 27.6 Å². The van der Waals surface area contributed by atoms with Crippen molar-refractivity contribution in [2.45, 2.75) is 65.0 Å². The van der Waals surface area contributed by atoms with Gasteiger partial charge in [0.25, 0.3) is 0 Å². The molecule has 1 unspecified atom stereocenters. The van der Waals surface area contributed by atoms with Gasteiger partial charge in [0.1, 0.15) is 6.04 Å². The molecule has 11 heteroatoms. The maximum absolute atomic E-state index is 13.2. The number of para-hydroxylation sites is 1. The summed E-state index contributed by atoms with van der Waals surface area (Å²) in [7, 11) is -3.70. The second kappa shape index (κ2) is 14.8. The third kappa shape index (κ3) is 10.5. The Kier molecular flexibility index (Phi) is 11.4. The van der Waals surface area contributed by atoms with Gasteiger partial charge in [0.2, 0.25) is 10.0 Å². The summed E-state index contributed by atoms with van der Waals surface area (Å²) < 4.78 is 26.7. The lowest BCUT2D eigenvalue weighted by Gasteiger charge is -2.26. The Morgan fingerprint density at radius 1 is 0.860 bits per heavy atom. The fraction of sp³-hybridized carbons (Fsp3) is 0.344. The molecule has 0 aliphatic carbocycles. The number of ketones is 1. The smallest absolute Gasteiger partial charge is 0.323 e. The molecule has 0 aliphatic heterocycles. The molecule has 2 amide bonds. The van der Waals surface area contributed by atoms with Crippen molar-refractivity contribution in [2.24, 2.45) is 0 Å². The van der Waals surface area contributed by atoms with Gasteiger partial charge in [-0.2, -0.15) is 0 Å². The van der Waals surface area contributed by atoms with Gasteiger partial charge < -0.3 is 21.1 Å². The van der Waals surface area contributed by atoms with Crippen LogP contribution in [0.25, 0.3) is 0 Å². The average Bonchev–Trinajstić information content (AvgIpc) is 2.94. The molecule has 0 saturated heterocycles. The highest BCUT2D eigenvalue weighted by atomic mass is 32.2. The summed E-state index contributed by atoms with van der Waals surface area (Å²) >= 11 is 0. The number of hydrogen-bond acceptors (Lipinski definition) is 6. The lowest BCUT2D eigenvalue weighted by atomic mass is 9.93. The quantitative estimate of drug-likeness (QED) is 0.156. The number of aliphatic carboxylic acids is 1. The van der Waals surface area contributed by atoms with Crippen LogP contribution in [0.15, 0.2) is 72.8 Å². The van der Waals surface area contributed by atoms with E-state index in [1.54, 1.807) is 62.4 Å². The van der Waals surface area contributed by atoms with Crippen molar-refractivity contribution in [1.82, 2.24) is 4.72 Å². The first-order chi connectivity index (χ1) is 20.3. The van der Waals surface area contributed by atoms with Crippen molar-refractivity contribution in [3.63, 3.8) is 0 Å². The van der Waals surface area contributed by atoms with Gasteiger partial charge in [-0.15, -0.1) is 0 Å². The summed E-state index contributed by atoms with van der Waals surface area (Å²) in [5.74, 6) is -1.42. The van der Waals surface area contributed by atoms with E-state index in [4.69, 9.17) is 0 Å². The van der Waals surface area contributed by atoms with Crippen LogP contribution >= 0.6 is 0 Å². The van der Waals surface area contributed by atoms with E-state index in [1.807, 2.05) is 38.1 Å². The van der Waals surface area contributed by atoms with Gasteiger partial charge in [0.05, 0.1) is 11.3 Å². The van der Waals surface area contributed by atoms with Crippen LogP contribution in [0.2, 0.25) is 0 Å². The van der Waals surface area contributed by atoms with Crippen LogP contribution in [0.1, 0.15) is 50.3 Å². The number of hydrogen-bond donors (Lipinski definition) is 5. The molecule has 0 heterocycles. The molecule has 0 spiro atoms. The lowest BCUT2D eigenvalue weighted by Crippen LogP contribution is -2.43. The average molecular weight is 609 g/mol. The second-order valence-electron chi connectivity index (χ2n) is 11.0. The summed E-state index contributed by atoms with van der Waals surface area (Å²) in [5.41, 5.74) is 3.46. The molecule has 0 fully saturated rings. The van der Waals surface area contributed by atoms with Crippen LogP contribution in [0, 0.1) is 6.92 Å². The number of amides is 2. The number of Topliss-reactive ketones (excluding diaryl/α,β-unsaturated/α-hetero) is 1. The van der Waals surface area contributed by atoms with Gasteiger partial charge in [-0.1, -0.05) is 55.8 Å². The zero-order chi connectivity index (χ0) is 31.6. The number of urea groups is 1. The number of rotatable bonds is 15. The number of unbranched alkanes of at least 4 members (excludes halogenated alkanes) is 1. The van der Waals surface area contributed by atoms with E-state index in [0.717, 1.165) is 16.8 Å². The first kappa shape index (κ1) is 33.3. The molecule has 0 radical (unpaired) electrons. The van der Waals surface area contributed by atoms with Gasteiger partial charge in [-0.05, 0) is 80.6 Å². The Hall–Kier alpha value is -4.22. The van der Waals surface area contributed by atoms with Crippen molar-refractivity contribution in [3.8, 4) is 0 Å². The van der Waals surface area contributed by atoms with Gasteiger partial charge in [0.15, 0.2) is 5.78 Å². The second-order valence-corrected chi connectivity index (χ2v) is 12.9. The molecule has 1 atom stereocenters. The lowest BCUT2D eigenvalue weighted by molar-refractivity contribution is -0.139. The van der Waals surface area contributed by atoms with Crippen LogP contribution in [-0.2, 0) is 32.5 Å². The molecule has 0 bridgehead atoms. The number of nitrogens with one attached hydrogen (secondary N) is 4. The highest BCUT2D eigenvalue weighted by Crippen LogP contribution is 2.21. The minimum Gasteiger partial charge on any atom is -0.480 e. The molecule has 3 rings (SSSR count). The normalized spacial score (nSPS) is 12.3. The van der Waals surface area contributed by atoms with Crippen molar-refractivity contribution in [1.29, 1.82) is 0 Å². The summed E-state index contributed by atoms with van der Waals surface area (Å²) in [6, 6.07) is 19.8. The third-order valence-corrected chi connectivity index (χ3v) is 8.37. The predicted molar refractivity (Wildman–Crippen MR) is 170 cm³/mol. The monoisotopic (exact) mass is 608 g/mol. The number of carboxylic acid groups (broad SMARTS) is 1. The summed E-state index contributed by atoms with van der Waals surface area (Å²) in [4.78, 5) is 37.2. The van der Waals surface area contributed by atoms with Crippen LogP contribution < -0.4 is 20.7 Å². The molecule has 43 heavy (non-hydrogen) atoms. The number of sulfonamides is 1. The standard InChI is InChI=1S/C32H40N4O6S/c1-5-6-19-43(41,42)36-28(30(38)39)20-23-13-17-26(18-14-23)35-32(3,4)29(37)21-24-11-15-25(16-12-24)33-31(40)34-27-10-8-7-9-22(27)2/h7-18,28,35-36H,5-6,19-21H2,1-4H3,(H,38,39)(H2,33,34,40). The molecular formula is C32H40N4O6S. The van der Waals surface area contributed by atoms with Crippen molar-refractivity contribution < 1.29 is 27.9 Å². The Labute approximate surface area is 253 Å². The van der Waals surface area contributed by atoms with E-state index in [0.29, 0.717) is 29.8 Å². The SMILES string of the molecule is CCCCS(=O)(=O)NC(Cc1ccc(NC(C)(C)C(=O)Cc2ccc(NC(=O)Nc3ccccc3C)cc2)cc1)C(=O)O. The summed E-state index contributed by atoms with van der Waals surface area (Å²) in [5, 5.41) is 18.4. The van der Waals surface area contributed by atoms with Gasteiger partial charge in [0, 0.05) is 23.5 Å². The fourth-order valence-electron chi connectivity index (χ4n) is 4.29. The zero-order valence-corrected chi connectivity index (χ0v) is 25.8. The van der Waals surface area contributed by atoms with E-state index in [-0.39, 0.29) is 30.4 Å². The number of carboxylic acids is 1. The minimum atomic E-state index is -3.70. The maximum atomic E-state index is 13.2. The first-order valence-electron chi connectivity index (χ1n) is 14.1. The highest BCUT2D eigenvalue weighted by Gasteiger charge is 2.28. The molecule has 3 aromatic carbocycles. The number of benzene rings is 3. The minimum absolute atomic E-state index is 0.0122. The van der Waals surface area contributed by atoms with Crippen LogP contribution in [0.5, 0.6) is 0 Å². The van der Waals surface area contributed by atoms with E-state index in [9.17, 15) is 27.9 Å². The van der Waals surface area contributed by atoms with Crippen LogP contribution in [0.3, 0.4) is 0 Å². The molecule has 3 aromatic rings. The molecule has 0 aliphatic rings. The van der Waals surface area contributed by atoms with Crippen molar-refractivity contribution in [2.75, 3.05) is 21.7 Å². The molecule has 5 N–H and O–H groups in total. The third-order valence-electron chi connectivity index (χ3n) is 6.90. The Bertz CT molecular complexity index is 1520. The van der Waals surface area contributed by atoms with Crippen molar-refractivity contribution >= 4 is 44.9 Å². The predicted octanol–water partition coefficient (Wildman–Crippen LogP) is 5.36. The summed E-state index contributed by atoms with van der Waals surface area (Å²) in [6.45, 7) is 7.33. The van der Waals surface area contributed by atoms with Gasteiger partial charge >= 0.3 is 12.0 Å². The van der Waals surface area contributed by atoms with E-state index in [2.05, 4.69) is 20.7 Å². The topological polar surface area (TPSA) is 154 Å². The maximum Gasteiger partial charge on any atom is 0.323 e. The van der Waals surface area contributed by atoms with E-state index >= 15 is 0 Å². The zero-order valence-electron chi connectivity index (χ0n) is 24.9. The molecule has 230 valence electrons. The summed E-state index contributed by atoms with van der Waals surface area (Å²) in [6.07, 6.45) is 1.30. The number of anilines is 3. The largest absolute Gasteiger partial charge is 0.480 e. The van der Waals surface area contributed by atoms with Gasteiger partial charge in [-0.3, -0.25) is 9.59 Å². The Balaban J connectivity index is 1.55. The molecule has 0 saturated carbocycles. The highest BCUT2D eigenvalue weighted by molar-refractivity contribution is 7.89. The van der Waals surface area contributed by atoms with E-state index in [1.165, 1.54) is 0 Å². The molecule has 0 aromatic heterocycles. The first-order valence-corrected chi connectivity index (χ1v) is 15.8. The van der Waals surface area contributed by atoms with Gasteiger partial charge in [-0.25, -0.2) is 17.9 Å².